The smallest absolute Gasteiger partial charge is 0.242 e. The Bertz CT molecular complexity index is 728. The maximum atomic E-state index is 12.3. The fraction of sp³-hybridized carbons (Fsp3) is 0.300. The number of carbonyl (C=O) groups is 2. The molecule has 0 spiro atoms. The highest BCUT2D eigenvalue weighted by molar-refractivity contribution is 5.92. The minimum atomic E-state index is -0.00640. The second-order valence-electron chi connectivity index (χ2n) is 6.32. The van der Waals surface area contributed by atoms with Crippen molar-refractivity contribution in [1.82, 2.24) is 9.80 Å². The maximum Gasteiger partial charge on any atom is 0.242 e. The average Bonchev–Trinajstić information content (AvgIpc) is 2.61. The number of aryl methyl sites for hydroxylation is 1. The zero-order valence-corrected chi connectivity index (χ0v) is 14.1. The normalized spacial score (nSPS) is 14.9. The number of nitrogens with zero attached hydrogens (tertiary/aromatic N) is 2. The molecule has 1 aliphatic heterocycles. The van der Waals surface area contributed by atoms with Gasteiger partial charge in [-0.25, -0.2) is 0 Å². The summed E-state index contributed by atoms with van der Waals surface area (Å²) in [6.07, 6.45) is 1.61. The second-order valence-corrected chi connectivity index (χ2v) is 6.32. The first-order valence-electron chi connectivity index (χ1n) is 8.49. The molecule has 0 radical (unpaired) electrons. The Balaban J connectivity index is 1.49. The lowest BCUT2D eigenvalue weighted by Gasteiger charge is -2.34. The third-order valence-corrected chi connectivity index (χ3v) is 4.40. The van der Waals surface area contributed by atoms with Gasteiger partial charge in [0.05, 0.1) is 6.54 Å². The van der Waals surface area contributed by atoms with Crippen molar-refractivity contribution in [3.8, 4) is 5.75 Å². The van der Waals surface area contributed by atoms with Gasteiger partial charge in [-0.05, 0) is 36.1 Å². The molecule has 5 heteroatoms. The molecular formula is C20H22N2O3. The van der Waals surface area contributed by atoms with Crippen LogP contribution in [0.25, 0.3) is 0 Å². The van der Waals surface area contributed by atoms with Gasteiger partial charge in [0.1, 0.15) is 12.3 Å². The number of piperazine rings is 1. The summed E-state index contributed by atoms with van der Waals surface area (Å²) in [5.74, 6) is 0.244. The van der Waals surface area contributed by atoms with Crippen molar-refractivity contribution in [2.24, 2.45) is 0 Å². The number of hydrogen-bond acceptors (Lipinski definition) is 3. The van der Waals surface area contributed by atoms with Crippen molar-refractivity contribution in [3.05, 3.63) is 65.7 Å². The summed E-state index contributed by atoms with van der Waals surface area (Å²) in [7, 11) is 0. The van der Waals surface area contributed by atoms with Crippen LogP contribution in [0.2, 0.25) is 0 Å². The largest absolute Gasteiger partial charge is 0.508 e. The van der Waals surface area contributed by atoms with Crippen LogP contribution in [0.4, 0.5) is 0 Å². The summed E-state index contributed by atoms with van der Waals surface area (Å²) in [4.78, 5) is 27.9. The summed E-state index contributed by atoms with van der Waals surface area (Å²) in [5, 5.41) is 9.29. The summed E-state index contributed by atoms with van der Waals surface area (Å²) in [5.41, 5.74) is 2.14. The number of benzene rings is 2. The fourth-order valence-electron chi connectivity index (χ4n) is 2.99. The van der Waals surface area contributed by atoms with Crippen LogP contribution in [0.1, 0.15) is 17.5 Å². The number of phenolic OH excluding ortho intramolecular Hbond substituents is 1. The Hall–Kier alpha value is -2.82. The molecule has 1 aliphatic rings. The first kappa shape index (κ1) is 17.0. The van der Waals surface area contributed by atoms with Crippen LogP contribution in [0.5, 0.6) is 5.75 Å². The first-order chi connectivity index (χ1) is 12.1. The molecular weight excluding hydrogens is 316 g/mol. The Morgan fingerprint density at radius 1 is 0.800 bits per heavy atom. The van der Waals surface area contributed by atoms with Crippen molar-refractivity contribution in [1.29, 1.82) is 0 Å². The van der Waals surface area contributed by atoms with E-state index < -0.39 is 0 Å². The second kappa shape index (κ2) is 7.83. The van der Waals surface area contributed by atoms with E-state index in [9.17, 15) is 14.7 Å². The Morgan fingerprint density at radius 2 is 1.44 bits per heavy atom. The van der Waals surface area contributed by atoms with E-state index in [0.29, 0.717) is 13.1 Å². The van der Waals surface area contributed by atoms with Crippen molar-refractivity contribution < 1.29 is 14.7 Å². The van der Waals surface area contributed by atoms with Crippen LogP contribution < -0.4 is 0 Å². The highest BCUT2D eigenvalue weighted by atomic mass is 16.3. The molecule has 0 aliphatic carbocycles. The molecule has 0 bridgehead atoms. The highest BCUT2D eigenvalue weighted by Gasteiger charge is 2.29. The SMILES string of the molecule is O=C1CN(Cc2ccccc2)C(=O)CN1CCCc1ccc(O)cc1. The van der Waals surface area contributed by atoms with E-state index in [-0.39, 0.29) is 30.7 Å². The number of carbonyl (C=O) groups excluding carboxylic acids is 2. The zero-order chi connectivity index (χ0) is 17.6. The summed E-state index contributed by atoms with van der Waals surface area (Å²) >= 11 is 0. The molecule has 3 rings (SSSR count). The van der Waals surface area contributed by atoms with Crippen LogP contribution in [0, 0.1) is 0 Å². The lowest BCUT2D eigenvalue weighted by Crippen LogP contribution is -2.53. The number of aromatic hydroxyl groups is 1. The van der Waals surface area contributed by atoms with E-state index in [1.165, 1.54) is 0 Å². The van der Waals surface area contributed by atoms with Gasteiger partial charge in [0, 0.05) is 13.1 Å². The van der Waals surface area contributed by atoms with Crippen LogP contribution >= 0.6 is 0 Å². The van der Waals surface area contributed by atoms with Crippen molar-refractivity contribution in [3.63, 3.8) is 0 Å². The van der Waals surface area contributed by atoms with E-state index in [2.05, 4.69) is 0 Å². The van der Waals surface area contributed by atoms with Crippen LogP contribution in [0.15, 0.2) is 54.6 Å². The number of amides is 2. The fourth-order valence-corrected chi connectivity index (χ4v) is 2.99. The molecule has 1 heterocycles. The molecule has 1 saturated heterocycles. The van der Waals surface area contributed by atoms with E-state index in [4.69, 9.17) is 0 Å². The summed E-state index contributed by atoms with van der Waals surface area (Å²) in [6.45, 7) is 1.35. The molecule has 130 valence electrons. The van der Waals surface area contributed by atoms with Crippen molar-refractivity contribution >= 4 is 11.8 Å². The lowest BCUT2D eigenvalue weighted by molar-refractivity contribution is -0.150. The van der Waals surface area contributed by atoms with Crippen LogP contribution in [-0.2, 0) is 22.6 Å². The highest BCUT2D eigenvalue weighted by Crippen LogP contribution is 2.13. The number of hydrogen-bond donors (Lipinski definition) is 1. The quantitative estimate of drug-likeness (QED) is 0.878. The summed E-state index contributed by atoms with van der Waals surface area (Å²) in [6, 6.07) is 16.8. The van der Waals surface area contributed by atoms with Gasteiger partial charge in [0.2, 0.25) is 11.8 Å². The van der Waals surface area contributed by atoms with E-state index in [1.54, 1.807) is 21.9 Å². The Morgan fingerprint density at radius 3 is 2.16 bits per heavy atom. The van der Waals surface area contributed by atoms with E-state index >= 15 is 0 Å². The van der Waals surface area contributed by atoms with Gasteiger partial charge < -0.3 is 14.9 Å². The molecule has 0 saturated carbocycles. The van der Waals surface area contributed by atoms with Crippen LogP contribution in [-0.4, -0.2) is 46.4 Å². The minimum Gasteiger partial charge on any atom is -0.508 e. The molecule has 1 N–H and O–H groups in total. The third-order valence-electron chi connectivity index (χ3n) is 4.40. The molecule has 0 aromatic heterocycles. The van der Waals surface area contributed by atoms with Gasteiger partial charge >= 0.3 is 0 Å². The molecule has 5 nitrogen and oxygen atoms in total. The standard InChI is InChI=1S/C20H22N2O3/c23-18-10-8-16(9-11-18)7-4-12-21-14-20(25)22(15-19(21)24)13-17-5-2-1-3-6-17/h1-3,5-6,8-11,23H,4,7,12-15H2. The number of phenols is 1. The lowest BCUT2D eigenvalue weighted by atomic mass is 10.1. The molecule has 2 aromatic rings. The maximum absolute atomic E-state index is 12.3. The number of rotatable bonds is 6. The molecule has 2 amide bonds. The molecule has 0 unspecified atom stereocenters. The van der Waals surface area contributed by atoms with Gasteiger partial charge in [-0.2, -0.15) is 0 Å². The molecule has 2 aromatic carbocycles. The van der Waals surface area contributed by atoms with Gasteiger partial charge in [-0.1, -0.05) is 42.5 Å². The average molecular weight is 338 g/mol. The third kappa shape index (κ3) is 4.59. The van der Waals surface area contributed by atoms with Gasteiger partial charge in [-0.3, -0.25) is 9.59 Å². The Labute approximate surface area is 147 Å². The summed E-state index contributed by atoms with van der Waals surface area (Å²) < 4.78 is 0. The topological polar surface area (TPSA) is 60.9 Å². The van der Waals surface area contributed by atoms with Crippen LogP contribution in [0.3, 0.4) is 0 Å². The predicted octanol–water partition coefficient (Wildman–Crippen LogP) is 2.20. The van der Waals surface area contributed by atoms with Crippen molar-refractivity contribution in [2.75, 3.05) is 19.6 Å². The molecule has 0 atom stereocenters. The monoisotopic (exact) mass is 338 g/mol. The van der Waals surface area contributed by atoms with Gasteiger partial charge in [0.15, 0.2) is 0 Å². The minimum absolute atomic E-state index is 0.00115. The predicted molar refractivity (Wildman–Crippen MR) is 94.9 cm³/mol. The molecule has 25 heavy (non-hydrogen) atoms. The van der Waals surface area contributed by atoms with Gasteiger partial charge in [0.25, 0.3) is 0 Å². The van der Waals surface area contributed by atoms with Crippen molar-refractivity contribution in [2.45, 2.75) is 19.4 Å². The first-order valence-corrected chi connectivity index (χ1v) is 8.49. The molecule has 1 fully saturated rings. The zero-order valence-electron chi connectivity index (χ0n) is 14.1. The Kier molecular flexibility index (Phi) is 5.33. The van der Waals surface area contributed by atoms with E-state index in [1.807, 2.05) is 42.5 Å². The van der Waals surface area contributed by atoms with Gasteiger partial charge in [-0.15, -0.1) is 0 Å². The van der Waals surface area contributed by atoms with E-state index in [0.717, 1.165) is 24.0 Å².